The van der Waals surface area contributed by atoms with Gasteiger partial charge in [0.15, 0.2) is 6.61 Å². The number of anilines is 1. The Morgan fingerprint density at radius 2 is 2.15 bits per heavy atom. The SMILES string of the molecule is Cc1cc(=O)oc2cc(OCC(=O)Nc3ccnn3C(C)C)c(Cl)cc12. The third-order valence-electron chi connectivity index (χ3n) is 3.79. The summed E-state index contributed by atoms with van der Waals surface area (Å²) in [5.41, 5.74) is 0.653. The van der Waals surface area contributed by atoms with E-state index in [0.717, 1.165) is 5.56 Å². The number of carbonyl (C=O) groups excluding carboxylic acids is 1. The molecule has 0 saturated carbocycles. The van der Waals surface area contributed by atoms with Crippen LogP contribution in [0.4, 0.5) is 5.82 Å². The van der Waals surface area contributed by atoms with Crippen molar-refractivity contribution >= 4 is 34.3 Å². The molecule has 7 nitrogen and oxygen atoms in total. The maximum atomic E-state index is 12.1. The van der Waals surface area contributed by atoms with Crippen molar-refractivity contribution in [1.82, 2.24) is 9.78 Å². The average molecular weight is 376 g/mol. The minimum atomic E-state index is -0.456. The zero-order valence-corrected chi connectivity index (χ0v) is 15.3. The van der Waals surface area contributed by atoms with Crippen LogP contribution in [0.25, 0.3) is 11.0 Å². The quantitative estimate of drug-likeness (QED) is 0.689. The van der Waals surface area contributed by atoms with E-state index in [4.69, 9.17) is 20.8 Å². The molecule has 0 spiro atoms. The zero-order valence-electron chi connectivity index (χ0n) is 14.6. The van der Waals surface area contributed by atoms with E-state index in [-0.39, 0.29) is 24.3 Å². The van der Waals surface area contributed by atoms with E-state index in [2.05, 4.69) is 10.4 Å². The molecule has 0 aliphatic carbocycles. The van der Waals surface area contributed by atoms with Crippen LogP contribution in [0.5, 0.6) is 5.75 Å². The van der Waals surface area contributed by atoms with Crippen molar-refractivity contribution in [2.24, 2.45) is 0 Å². The number of amides is 1. The second-order valence-corrected chi connectivity index (χ2v) is 6.53. The Bertz CT molecular complexity index is 1020. The van der Waals surface area contributed by atoms with Gasteiger partial charge in [-0.25, -0.2) is 9.48 Å². The maximum Gasteiger partial charge on any atom is 0.336 e. The summed E-state index contributed by atoms with van der Waals surface area (Å²) in [6, 6.07) is 6.37. The number of fused-ring (bicyclic) bond motifs is 1. The molecule has 136 valence electrons. The minimum absolute atomic E-state index is 0.113. The molecule has 26 heavy (non-hydrogen) atoms. The Morgan fingerprint density at radius 3 is 2.88 bits per heavy atom. The molecular formula is C18H18ClN3O4. The summed E-state index contributed by atoms with van der Waals surface area (Å²) < 4.78 is 12.4. The van der Waals surface area contributed by atoms with Crippen LogP contribution in [0.1, 0.15) is 25.5 Å². The van der Waals surface area contributed by atoms with Crippen molar-refractivity contribution in [3.8, 4) is 5.75 Å². The highest BCUT2D eigenvalue weighted by atomic mass is 35.5. The van der Waals surface area contributed by atoms with E-state index < -0.39 is 5.63 Å². The number of nitrogens with one attached hydrogen (secondary N) is 1. The molecule has 1 N–H and O–H groups in total. The first-order valence-electron chi connectivity index (χ1n) is 8.05. The van der Waals surface area contributed by atoms with E-state index >= 15 is 0 Å². The summed E-state index contributed by atoms with van der Waals surface area (Å²) in [5.74, 6) is 0.495. The molecule has 0 atom stereocenters. The van der Waals surface area contributed by atoms with Crippen LogP contribution in [0.15, 0.2) is 39.7 Å². The normalized spacial score (nSPS) is 11.1. The van der Waals surface area contributed by atoms with Gasteiger partial charge in [0, 0.05) is 29.6 Å². The van der Waals surface area contributed by atoms with Gasteiger partial charge in [0.25, 0.3) is 5.91 Å². The summed E-state index contributed by atoms with van der Waals surface area (Å²) >= 11 is 6.22. The first-order valence-corrected chi connectivity index (χ1v) is 8.43. The topological polar surface area (TPSA) is 86.4 Å². The van der Waals surface area contributed by atoms with Crippen LogP contribution >= 0.6 is 11.6 Å². The number of nitrogens with zero attached hydrogens (tertiary/aromatic N) is 2. The molecule has 0 unspecified atom stereocenters. The summed E-state index contributed by atoms with van der Waals surface area (Å²) in [5, 5.41) is 7.93. The number of benzene rings is 1. The number of aromatic nitrogens is 2. The number of carbonyl (C=O) groups is 1. The third-order valence-corrected chi connectivity index (χ3v) is 4.08. The molecule has 2 aromatic heterocycles. The van der Waals surface area contributed by atoms with Crippen molar-refractivity contribution in [3.05, 3.63) is 51.5 Å². The van der Waals surface area contributed by atoms with Gasteiger partial charge < -0.3 is 14.5 Å². The smallest absolute Gasteiger partial charge is 0.336 e. The minimum Gasteiger partial charge on any atom is -0.482 e. The molecule has 3 aromatic rings. The first-order chi connectivity index (χ1) is 12.3. The summed E-state index contributed by atoms with van der Waals surface area (Å²) in [4.78, 5) is 23.7. The largest absolute Gasteiger partial charge is 0.482 e. The van der Waals surface area contributed by atoms with Crippen molar-refractivity contribution < 1.29 is 13.9 Å². The van der Waals surface area contributed by atoms with Gasteiger partial charge in [0.1, 0.15) is 17.2 Å². The molecule has 0 radical (unpaired) electrons. The lowest BCUT2D eigenvalue weighted by atomic mass is 10.1. The summed E-state index contributed by atoms with van der Waals surface area (Å²) in [6.07, 6.45) is 1.61. The standard InChI is InChI=1S/C18H18ClN3O4/c1-10(2)22-16(4-5-20-22)21-17(23)9-25-15-8-14-12(7-13(15)19)11(3)6-18(24)26-14/h4-8,10H,9H2,1-3H3,(H,21,23). The molecule has 2 heterocycles. The third kappa shape index (κ3) is 3.72. The summed E-state index contributed by atoms with van der Waals surface area (Å²) in [6.45, 7) is 5.47. The van der Waals surface area contributed by atoms with E-state index in [0.29, 0.717) is 21.8 Å². The molecule has 0 bridgehead atoms. The molecule has 0 saturated heterocycles. The molecule has 1 aromatic carbocycles. The molecule has 3 rings (SSSR count). The predicted octanol–water partition coefficient (Wildman–Crippen LogP) is 3.55. The lowest BCUT2D eigenvalue weighted by molar-refractivity contribution is -0.118. The van der Waals surface area contributed by atoms with Gasteiger partial charge in [-0.1, -0.05) is 11.6 Å². The van der Waals surface area contributed by atoms with Crippen LogP contribution in [0.2, 0.25) is 5.02 Å². The molecule has 0 aliphatic heterocycles. The van der Waals surface area contributed by atoms with E-state index in [1.54, 1.807) is 29.9 Å². The van der Waals surface area contributed by atoms with Gasteiger partial charge in [0.05, 0.1) is 11.2 Å². The molecule has 0 aliphatic rings. The highest BCUT2D eigenvalue weighted by Gasteiger charge is 2.13. The van der Waals surface area contributed by atoms with E-state index in [1.165, 1.54) is 12.1 Å². The maximum absolute atomic E-state index is 12.1. The highest BCUT2D eigenvalue weighted by Crippen LogP contribution is 2.31. The lowest BCUT2D eigenvalue weighted by Gasteiger charge is -2.13. The first kappa shape index (κ1) is 18.0. The Balaban J connectivity index is 1.75. The Labute approximate surface area is 154 Å². The van der Waals surface area contributed by atoms with Crippen LogP contribution in [-0.4, -0.2) is 22.3 Å². The number of rotatable bonds is 5. The van der Waals surface area contributed by atoms with E-state index in [1.807, 2.05) is 13.8 Å². The van der Waals surface area contributed by atoms with Gasteiger partial charge in [-0.15, -0.1) is 0 Å². The molecule has 1 amide bonds. The van der Waals surface area contributed by atoms with Gasteiger partial charge in [-0.05, 0) is 32.4 Å². The zero-order chi connectivity index (χ0) is 18.8. The highest BCUT2D eigenvalue weighted by molar-refractivity contribution is 6.32. The van der Waals surface area contributed by atoms with Crippen LogP contribution < -0.4 is 15.7 Å². The number of ether oxygens (including phenoxy) is 1. The van der Waals surface area contributed by atoms with Crippen molar-refractivity contribution in [2.75, 3.05) is 11.9 Å². The van der Waals surface area contributed by atoms with Crippen molar-refractivity contribution in [2.45, 2.75) is 26.8 Å². The fraction of sp³-hybridized carbons (Fsp3) is 0.278. The number of halogens is 1. The average Bonchev–Trinajstić information content (AvgIpc) is 3.02. The molecule has 0 fully saturated rings. The fourth-order valence-electron chi connectivity index (χ4n) is 2.58. The summed E-state index contributed by atoms with van der Waals surface area (Å²) in [7, 11) is 0. The monoisotopic (exact) mass is 375 g/mol. The second-order valence-electron chi connectivity index (χ2n) is 6.12. The number of hydrogen-bond donors (Lipinski definition) is 1. The Morgan fingerprint density at radius 1 is 1.38 bits per heavy atom. The molecular weight excluding hydrogens is 358 g/mol. The lowest BCUT2D eigenvalue weighted by Crippen LogP contribution is -2.22. The fourth-order valence-corrected chi connectivity index (χ4v) is 2.80. The number of aryl methyl sites for hydroxylation is 1. The van der Waals surface area contributed by atoms with Gasteiger partial charge in [-0.2, -0.15) is 5.10 Å². The van der Waals surface area contributed by atoms with Gasteiger partial charge in [-0.3, -0.25) is 4.79 Å². The number of hydrogen-bond acceptors (Lipinski definition) is 5. The van der Waals surface area contributed by atoms with Crippen LogP contribution in [0.3, 0.4) is 0 Å². The van der Waals surface area contributed by atoms with Crippen molar-refractivity contribution in [1.29, 1.82) is 0 Å². The van der Waals surface area contributed by atoms with Gasteiger partial charge in [0.2, 0.25) is 0 Å². The van der Waals surface area contributed by atoms with Crippen LogP contribution in [0, 0.1) is 6.92 Å². The Hall–Kier alpha value is -2.80. The predicted molar refractivity (Wildman–Crippen MR) is 99.0 cm³/mol. The Kier molecular flexibility index (Phi) is 4.99. The van der Waals surface area contributed by atoms with Crippen LogP contribution in [-0.2, 0) is 4.79 Å². The van der Waals surface area contributed by atoms with Crippen molar-refractivity contribution in [3.63, 3.8) is 0 Å². The van der Waals surface area contributed by atoms with E-state index in [9.17, 15) is 9.59 Å². The molecule has 8 heteroatoms. The van der Waals surface area contributed by atoms with Gasteiger partial charge >= 0.3 is 5.63 Å². The second kappa shape index (κ2) is 7.21.